The quantitative estimate of drug-likeness (QED) is 0.840. The maximum Gasteiger partial charge on any atom is 0.244 e. The lowest BCUT2D eigenvalue weighted by atomic mass is 10.0. The zero-order valence-electron chi connectivity index (χ0n) is 15.1. The minimum atomic E-state index is -0.183. The number of carbonyl (C=O) groups excluding carboxylic acids is 2. The molecule has 1 heterocycles. The van der Waals surface area contributed by atoms with E-state index >= 15 is 0 Å². The van der Waals surface area contributed by atoms with Crippen molar-refractivity contribution in [2.75, 3.05) is 18.5 Å². The van der Waals surface area contributed by atoms with E-state index in [-0.39, 0.29) is 24.4 Å². The highest BCUT2D eigenvalue weighted by Crippen LogP contribution is 2.27. The van der Waals surface area contributed by atoms with Crippen LogP contribution in [0.2, 0.25) is 0 Å². The van der Waals surface area contributed by atoms with Gasteiger partial charge in [-0.15, -0.1) is 0 Å². The maximum absolute atomic E-state index is 12.5. The molecular formula is C21H25N3O2. The fourth-order valence-electron chi connectivity index (χ4n) is 3.26. The second-order valence-electron chi connectivity index (χ2n) is 6.60. The monoisotopic (exact) mass is 351 g/mol. The molecule has 0 aliphatic carbocycles. The molecule has 1 saturated heterocycles. The molecule has 0 spiro atoms. The van der Waals surface area contributed by atoms with Crippen molar-refractivity contribution in [3.8, 4) is 11.1 Å². The van der Waals surface area contributed by atoms with Crippen LogP contribution < -0.4 is 10.6 Å². The van der Waals surface area contributed by atoms with E-state index in [2.05, 4.69) is 17.6 Å². The third-order valence-electron chi connectivity index (χ3n) is 4.60. The first-order valence-electron chi connectivity index (χ1n) is 9.13. The fraction of sp³-hybridized carbons (Fsp3) is 0.333. The van der Waals surface area contributed by atoms with Gasteiger partial charge in [-0.25, -0.2) is 0 Å². The lowest BCUT2D eigenvalue weighted by Crippen LogP contribution is -2.52. The predicted molar refractivity (Wildman–Crippen MR) is 104 cm³/mol. The molecule has 0 bridgehead atoms. The summed E-state index contributed by atoms with van der Waals surface area (Å²) >= 11 is 0. The van der Waals surface area contributed by atoms with Crippen LogP contribution in [0, 0.1) is 0 Å². The SMILES string of the molecule is CCCC1CC(=O)N(CC(=O)Nc2ccccc2-c2ccccc2)CN1. The van der Waals surface area contributed by atoms with Crippen molar-refractivity contribution in [2.24, 2.45) is 0 Å². The summed E-state index contributed by atoms with van der Waals surface area (Å²) in [5.41, 5.74) is 2.76. The van der Waals surface area contributed by atoms with Crippen LogP contribution in [0.3, 0.4) is 0 Å². The lowest BCUT2D eigenvalue weighted by Gasteiger charge is -2.32. The van der Waals surface area contributed by atoms with Crippen molar-refractivity contribution >= 4 is 17.5 Å². The highest BCUT2D eigenvalue weighted by molar-refractivity contribution is 5.98. The van der Waals surface area contributed by atoms with Crippen LogP contribution in [0.4, 0.5) is 5.69 Å². The van der Waals surface area contributed by atoms with E-state index in [1.807, 2.05) is 54.6 Å². The van der Waals surface area contributed by atoms with Crippen LogP contribution in [0.15, 0.2) is 54.6 Å². The zero-order valence-corrected chi connectivity index (χ0v) is 15.1. The van der Waals surface area contributed by atoms with Gasteiger partial charge in [-0.2, -0.15) is 0 Å². The Labute approximate surface area is 154 Å². The van der Waals surface area contributed by atoms with E-state index in [0.717, 1.165) is 29.7 Å². The van der Waals surface area contributed by atoms with Crippen molar-refractivity contribution < 1.29 is 9.59 Å². The summed E-state index contributed by atoms with van der Waals surface area (Å²) in [7, 11) is 0. The minimum Gasteiger partial charge on any atom is -0.324 e. The maximum atomic E-state index is 12.5. The number of hydrogen-bond acceptors (Lipinski definition) is 3. The highest BCUT2D eigenvalue weighted by Gasteiger charge is 2.26. The van der Waals surface area contributed by atoms with Gasteiger partial charge in [0.05, 0.1) is 6.67 Å². The molecule has 2 aromatic carbocycles. The van der Waals surface area contributed by atoms with Crippen LogP contribution in [-0.2, 0) is 9.59 Å². The number of benzene rings is 2. The van der Waals surface area contributed by atoms with Gasteiger partial charge in [-0.05, 0) is 18.1 Å². The molecule has 5 nitrogen and oxygen atoms in total. The lowest BCUT2D eigenvalue weighted by molar-refractivity contribution is -0.138. The van der Waals surface area contributed by atoms with E-state index in [4.69, 9.17) is 0 Å². The van der Waals surface area contributed by atoms with E-state index in [0.29, 0.717) is 13.1 Å². The van der Waals surface area contributed by atoms with Gasteiger partial charge >= 0.3 is 0 Å². The van der Waals surface area contributed by atoms with Crippen molar-refractivity contribution in [3.63, 3.8) is 0 Å². The second kappa shape index (κ2) is 8.63. The van der Waals surface area contributed by atoms with E-state index < -0.39 is 0 Å². The molecule has 1 unspecified atom stereocenters. The average molecular weight is 351 g/mol. The Morgan fingerprint density at radius 1 is 1.15 bits per heavy atom. The van der Waals surface area contributed by atoms with Crippen molar-refractivity contribution in [1.29, 1.82) is 0 Å². The van der Waals surface area contributed by atoms with Crippen molar-refractivity contribution in [1.82, 2.24) is 10.2 Å². The molecule has 0 aromatic heterocycles. The fourth-order valence-corrected chi connectivity index (χ4v) is 3.26. The van der Waals surface area contributed by atoms with Crippen LogP contribution in [0.25, 0.3) is 11.1 Å². The number of carbonyl (C=O) groups is 2. The van der Waals surface area contributed by atoms with E-state index in [1.165, 1.54) is 0 Å². The largest absolute Gasteiger partial charge is 0.324 e. The molecule has 2 N–H and O–H groups in total. The molecule has 136 valence electrons. The Balaban J connectivity index is 1.64. The molecule has 0 radical (unpaired) electrons. The number of anilines is 1. The highest BCUT2D eigenvalue weighted by atomic mass is 16.2. The summed E-state index contributed by atoms with van der Waals surface area (Å²) in [5, 5.41) is 6.28. The summed E-state index contributed by atoms with van der Waals surface area (Å²) in [4.78, 5) is 26.3. The first-order valence-corrected chi connectivity index (χ1v) is 9.13. The molecule has 2 aromatic rings. The second-order valence-corrected chi connectivity index (χ2v) is 6.60. The Hall–Kier alpha value is -2.66. The Morgan fingerprint density at radius 3 is 2.62 bits per heavy atom. The Bertz CT molecular complexity index is 761. The van der Waals surface area contributed by atoms with Gasteiger partial charge in [-0.1, -0.05) is 61.9 Å². The summed E-state index contributed by atoms with van der Waals surface area (Å²) in [6.07, 6.45) is 2.49. The zero-order chi connectivity index (χ0) is 18.4. The molecule has 5 heteroatoms. The molecule has 1 aliphatic heterocycles. The molecule has 0 saturated carbocycles. The number of rotatable bonds is 6. The number of hydrogen-bond donors (Lipinski definition) is 2. The third-order valence-corrected chi connectivity index (χ3v) is 4.60. The van der Waals surface area contributed by atoms with Crippen LogP contribution in [0.5, 0.6) is 0 Å². The smallest absolute Gasteiger partial charge is 0.244 e. The summed E-state index contributed by atoms with van der Waals surface area (Å²) < 4.78 is 0. The minimum absolute atomic E-state index is 0.0358. The third kappa shape index (κ3) is 4.49. The van der Waals surface area contributed by atoms with Gasteiger partial charge in [0.2, 0.25) is 11.8 Å². The van der Waals surface area contributed by atoms with Crippen molar-refractivity contribution in [2.45, 2.75) is 32.2 Å². The van der Waals surface area contributed by atoms with Crippen molar-refractivity contribution in [3.05, 3.63) is 54.6 Å². The standard InChI is InChI=1S/C21H25N3O2/c1-2-8-17-13-21(26)24(15-22-17)14-20(25)23-19-12-7-6-11-18(19)16-9-4-3-5-10-16/h3-7,9-12,17,22H,2,8,13-15H2,1H3,(H,23,25). The number of nitrogens with zero attached hydrogens (tertiary/aromatic N) is 1. The van der Waals surface area contributed by atoms with Gasteiger partial charge in [0.15, 0.2) is 0 Å². The number of amides is 2. The van der Waals surface area contributed by atoms with Gasteiger partial charge in [0, 0.05) is 23.7 Å². The van der Waals surface area contributed by atoms with Gasteiger partial charge in [-0.3, -0.25) is 14.9 Å². The van der Waals surface area contributed by atoms with Crippen LogP contribution in [-0.4, -0.2) is 36.0 Å². The van der Waals surface area contributed by atoms with E-state index in [9.17, 15) is 9.59 Å². The first-order chi connectivity index (χ1) is 12.7. The average Bonchev–Trinajstić information content (AvgIpc) is 2.65. The Kier molecular flexibility index (Phi) is 6.02. The first kappa shape index (κ1) is 18.1. The Morgan fingerprint density at radius 2 is 1.88 bits per heavy atom. The molecular weight excluding hydrogens is 326 g/mol. The molecule has 1 fully saturated rings. The topological polar surface area (TPSA) is 61.4 Å². The summed E-state index contributed by atoms with van der Waals surface area (Å²) in [5.74, 6) is -0.147. The van der Waals surface area contributed by atoms with Gasteiger partial charge in [0.25, 0.3) is 0 Å². The normalized spacial score (nSPS) is 17.2. The summed E-state index contributed by atoms with van der Waals surface area (Å²) in [6.45, 7) is 2.60. The number of nitrogens with one attached hydrogen (secondary N) is 2. The molecule has 1 atom stereocenters. The molecule has 3 rings (SSSR count). The molecule has 26 heavy (non-hydrogen) atoms. The molecule has 2 amide bonds. The van der Waals surface area contributed by atoms with Gasteiger partial charge in [0.1, 0.15) is 6.54 Å². The van der Waals surface area contributed by atoms with E-state index in [1.54, 1.807) is 4.90 Å². The molecule has 1 aliphatic rings. The predicted octanol–water partition coefficient (Wildman–Crippen LogP) is 3.24. The van der Waals surface area contributed by atoms with Gasteiger partial charge < -0.3 is 10.2 Å². The van der Waals surface area contributed by atoms with Crippen LogP contribution in [0.1, 0.15) is 26.2 Å². The van der Waals surface area contributed by atoms with Crippen LogP contribution >= 0.6 is 0 Å². The summed E-state index contributed by atoms with van der Waals surface area (Å²) in [6, 6.07) is 17.9. The number of para-hydroxylation sites is 1.